The summed E-state index contributed by atoms with van der Waals surface area (Å²) in [6.45, 7) is 9.29. The molecular formula is C19H33N3O2S. The van der Waals surface area contributed by atoms with Crippen molar-refractivity contribution < 1.29 is 9.59 Å². The summed E-state index contributed by atoms with van der Waals surface area (Å²) < 4.78 is 0. The molecule has 3 amide bonds. The quantitative estimate of drug-likeness (QED) is 0.775. The molecule has 1 aliphatic carbocycles. The van der Waals surface area contributed by atoms with Crippen LogP contribution in [0.25, 0.3) is 0 Å². The molecular weight excluding hydrogens is 334 g/mol. The molecule has 1 N–H and O–H groups in total. The van der Waals surface area contributed by atoms with Crippen LogP contribution < -0.4 is 5.32 Å². The third-order valence-corrected chi connectivity index (χ3v) is 7.81. The van der Waals surface area contributed by atoms with E-state index in [1.807, 2.05) is 11.8 Å². The van der Waals surface area contributed by atoms with Crippen LogP contribution in [0.15, 0.2) is 0 Å². The molecule has 0 aromatic heterocycles. The van der Waals surface area contributed by atoms with Gasteiger partial charge in [0.25, 0.3) is 5.91 Å². The Morgan fingerprint density at radius 3 is 2.60 bits per heavy atom. The van der Waals surface area contributed by atoms with E-state index in [0.717, 1.165) is 57.4 Å². The topological polar surface area (TPSA) is 52.7 Å². The van der Waals surface area contributed by atoms with Gasteiger partial charge in [-0.05, 0) is 49.2 Å². The highest BCUT2D eigenvalue weighted by atomic mass is 32.2. The van der Waals surface area contributed by atoms with Gasteiger partial charge in [0.15, 0.2) is 0 Å². The van der Waals surface area contributed by atoms with Gasteiger partial charge in [-0.15, -0.1) is 0 Å². The largest absolute Gasteiger partial charge is 0.326 e. The number of hydrogen-bond acceptors (Lipinski definition) is 4. The van der Waals surface area contributed by atoms with Crippen molar-refractivity contribution in [3.63, 3.8) is 0 Å². The van der Waals surface area contributed by atoms with Crippen LogP contribution in [0.3, 0.4) is 0 Å². The molecule has 0 aromatic rings. The number of nitrogens with one attached hydrogen (secondary N) is 1. The van der Waals surface area contributed by atoms with Crippen LogP contribution in [0.1, 0.15) is 59.3 Å². The van der Waals surface area contributed by atoms with Gasteiger partial charge < -0.3 is 5.32 Å². The number of amides is 3. The van der Waals surface area contributed by atoms with Crippen molar-refractivity contribution in [2.45, 2.75) is 64.8 Å². The van der Waals surface area contributed by atoms with E-state index in [0.29, 0.717) is 18.0 Å². The first kappa shape index (κ1) is 19.0. The van der Waals surface area contributed by atoms with Crippen molar-refractivity contribution in [2.24, 2.45) is 11.3 Å². The van der Waals surface area contributed by atoms with Crippen LogP contribution in [0, 0.1) is 11.3 Å². The van der Waals surface area contributed by atoms with E-state index in [-0.39, 0.29) is 11.9 Å². The average Bonchev–Trinajstić information content (AvgIpc) is 2.80. The maximum absolute atomic E-state index is 13.1. The second-order valence-electron chi connectivity index (χ2n) is 8.59. The molecule has 0 atom stereocenters. The number of thioether (sulfide) groups is 1. The SMILES string of the molecule is CCC(C)(C)C1CCC2(CC1)NC(=O)N(CN1CCCSCC1)C2=O. The van der Waals surface area contributed by atoms with Crippen molar-refractivity contribution in [1.82, 2.24) is 15.1 Å². The van der Waals surface area contributed by atoms with E-state index < -0.39 is 5.54 Å². The Balaban J connectivity index is 1.63. The summed E-state index contributed by atoms with van der Waals surface area (Å²) in [5.74, 6) is 2.92. The number of carbonyl (C=O) groups excluding carboxylic acids is 2. The molecule has 3 fully saturated rings. The number of urea groups is 1. The van der Waals surface area contributed by atoms with E-state index in [2.05, 4.69) is 31.0 Å². The summed E-state index contributed by atoms with van der Waals surface area (Å²) in [6, 6.07) is -0.185. The molecule has 1 spiro atoms. The van der Waals surface area contributed by atoms with Crippen molar-refractivity contribution in [3.05, 3.63) is 0 Å². The minimum atomic E-state index is -0.627. The van der Waals surface area contributed by atoms with E-state index in [1.54, 1.807) is 0 Å². The second kappa shape index (κ2) is 7.47. The van der Waals surface area contributed by atoms with Gasteiger partial charge in [-0.1, -0.05) is 27.2 Å². The Labute approximate surface area is 156 Å². The zero-order valence-electron chi connectivity index (χ0n) is 16.0. The lowest BCUT2D eigenvalue weighted by molar-refractivity contribution is -0.134. The highest BCUT2D eigenvalue weighted by Gasteiger charge is 2.53. The Morgan fingerprint density at radius 1 is 1.20 bits per heavy atom. The van der Waals surface area contributed by atoms with E-state index in [1.165, 1.54) is 10.7 Å². The Hall–Kier alpha value is -0.750. The predicted molar refractivity (Wildman–Crippen MR) is 103 cm³/mol. The second-order valence-corrected chi connectivity index (χ2v) is 9.81. The van der Waals surface area contributed by atoms with Crippen LogP contribution in [0.4, 0.5) is 4.79 Å². The summed E-state index contributed by atoms with van der Waals surface area (Å²) in [5.41, 5.74) is -0.311. The first-order valence-corrected chi connectivity index (χ1v) is 11.0. The monoisotopic (exact) mass is 367 g/mol. The first-order chi connectivity index (χ1) is 11.9. The summed E-state index contributed by atoms with van der Waals surface area (Å²) in [4.78, 5) is 29.3. The van der Waals surface area contributed by atoms with Crippen molar-refractivity contribution in [3.8, 4) is 0 Å². The molecule has 0 aromatic carbocycles. The van der Waals surface area contributed by atoms with Crippen LogP contribution >= 0.6 is 11.8 Å². The Bertz CT molecular complexity index is 507. The van der Waals surface area contributed by atoms with Crippen LogP contribution in [-0.2, 0) is 4.79 Å². The standard InChI is InChI=1S/C19H33N3O2S/c1-4-18(2,3)15-6-8-19(9-7-15)16(23)22(17(24)20-19)14-21-10-5-12-25-13-11-21/h15H,4-14H2,1-3H3,(H,20,24). The number of nitrogens with zero attached hydrogens (tertiary/aromatic N) is 2. The zero-order chi connectivity index (χ0) is 18.1. The fraction of sp³-hybridized carbons (Fsp3) is 0.895. The van der Waals surface area contributed by atoms with Crippen molar-refractivity contribution >= 4 is 23.7 Å². The fourth-order valence-corrected chi connectivity index (χ4v) is 5.39. The van der Waals surface area contributed by atoms with Gasteiger partial charge in [-0.3, -0.25) is 9.69 Å². The smallest absolute Gasteiger partial charge is 0.323 e. The Kier molecular flexibility index (Phi) is 5.69. The number of hydrogen-bond donors (Lipinski definition) is 1. The van der Waals surface area contributed by atoms with Crippen LogP contribution in [0.2, 0.25) is 0 Å². The number of carbonyl (C=O) groups is 2. The molecule has 2 aliphatic heterocycles. The maximum atomic E-state index is 13.1. The molecule has 3 aliphatic rings. The lowest BCUT2D eigenvalue weighted by Gasteiger charge is -2.42. The minimum Gasteiger partial charge on any atom is -0.323 e. The number of imide groups is 1. The highest BCUT2D eigenvalue weighted by molar-refractivity contribution is 7.99. The van der Waals surface area contributed by atoms with Gasteiger partial charge in [-0.2, -0.15) is 11.8 Å². The normalized spacial score (nSPS) is 32.1. The zero-order valence-corrected chi connectivity index (χ0v) is 16.8. The molecule has 3 rings (SSSR count). The molecule has 2 saturated heterocycles. The van der Waals surface area contributed by atoms with E-state index in [9.17, 15) is 9.59 Å². The third kappa shape index (κ3) is 3.85. The summed E-state index contributed by atoms with van der Waals surface area (Å²) in [5, 5.41) is 3.07. The van der Waals surface area contributed by atoms with Gasteiger partial charge >= 0.3 is 6.03 Å². The van der Waals surface area contributed by atoms with Crippen molar-refractivity contribution in [1.29, 1.82) is 0 Å². The molecule has 2 heterocycles. The van der Waals surface area contributed by atoms with Gasteiger partial charge in [0.2, 0.25) is 0 Å². The van der Waals surface area contributed by atoms with Gasteiger partial charge in [0, 0.05) is 18.8 Å². The van der Waals surface area contributed by atoms with Gasteiger partial charge in [0.1, 0.15) is 5.54 Å². The molecule has 5 nitrogen and oxygen atoms in total. The summed E-state index contributed by atoms with van der Waals surface area (Å²) in [6.07, 6.45) is 5.93. The molecule has 0 bridgehead atoms. The van der Waals surface area contributed by atoms with Gasteiger partial charge in [0.05, 0.1) is 6.67 Å². The van der Waals surface area contributed by atoms with Crippen LogP contribution in [-0.4, -0.2) is 58.5 Å². The molecule has 1 saturated carbocycles. The predicted octanol–water partition coefficient (Wildman–Crippen LogP) is 3.30. The van der Waals surface area contributed by atoms with E-state index in [4.69, 9.17) is 0 Å². The third-order valence-electron chi connectivity index (χ3n) is 6.76. The van der Waals surface area contributed by atoms with Crippen molar-refractivity contribution in [2.75, 3.05) is 31.3 Å². The molecule has 0 radical (unpaired) electrons. The molecule has 25 heavy (non-hydrogen) atoms. The molecule has 0 unspecified atom stereocenters. The molecule has 142 valence electrons. The first-order valence-electron chi connectivity index (χ1n) is 9.82. The average molecular weight is 368 g/mol. The van der Waals surface area contributed by atoms with Gasteiger partial charge in [-0.25, -0.2) is 9.69 Å². The van der Waals surface area contributed by atoms with E-state index >= 15 is 0 Å². The number of rotatable bonds is 4. The lowest BCUT2D eigenvalue weighted by atomic mass is 9.65. The highest BCUT2D eigenvalue weighted by Crippen LogP contribution is 2.45. The molecule has 6 heteroatoms. The summed E-state index contributed by atoms with van der Waals surface area (Å²) >= 11 is 1.96. The Morgan fingerprint density at radius 2 is 1.92 bits per heavy atom. The lowest BCUT2D eigenvalue weighted by Crippen LogP contribution is -2.51. The van der Waals surface area contributed by atoms with Crippen LogP contribution in [0.5, 0.6) is 0 Å². The fourth-order valence-electron chi connectivity index (χ4n) is 4.46. The summed E-state index contributed by atoms with van der Waals surface area (Å²) in [7, 11) is 0. The minimum absolute atomic E-state index is 0.0159. The maximum Gasteiger partial charge on any atom is 0.326 e.